The predicted octanol–water partition coefficient (Wildman–Crippen LogP) is 3.55. The molecule has 0 saturated carbocycles. The maximum atomic E-state index is 10.9. The maximum Gasteiger partial charge on any atom is 0.303 e. The van der Waals surface area contributed by atoms with Crippen molar-refractivity contribution >= 4 is 23.2 Å². The molecule has 1 unspecified atom stereocenters. The Bertz CT molecular complexity index is 848. The van der Waals surface area contributed by atoms with Crippen LogP contribution in [0.25, 0.3) is 5.65 Å². The molecule has 0 saturated heterocycles. The van der Waals surface area contributed by atoms with Gasteiger partial charge in [0.1, 0.15) is 5.65 Å². The van der Waals surface area contributed by atoms with E-state index in [-0.39, 0.29) is 12.5 Å². The smallest absolute Gasteiger partial charge is 0.303 e. The van der Waals surface area contributed by atoms with E-state index in [0.717, 1.165) is 17.8 Å². The molecule has 2 heterocycles. The Hall–Kier alpha value is -2.37. The van der Waals surface area contributed by atoms with E-state index in [1.807, 2.05) is 47.1 Å². The van der Waals surface area contributed by atoms with Gasteiger partial charge < -0.3 is 14.8 Å². The maximum absolute atomic E-state index is 10.9. The number of hydrogen-bond donors (Lipinski definition) is 2. The van der Waals surface area contributed by atoms with Crippen molar-refractivity contribution in [3.8, 4) is 0 Å². The largest absolute Gasteiger partial charge is 0.481 e. The molecule has 2 N–H and O–H groups in total. The van der Waals surface area contributed by atoms with Crippen LogP contribution in [0.2, 0.25) is 5.02 Å². The number of aliphatic carboxylic acids is 1. The molecule has 2 aromatic heterocycles. The highest BCUT2D eigenvalue weighted by molar-refractivity contribution is 6.30. The Kier molecular flexibility index (Phi) is 5.68. The molecule has 0 radical (unpaired) electrons. The van der Waals surface area contributed by atoms with Crippen LogP contribution >= 0.6 is 11.6 Å². The van der Waals surface area contributed by atoms with Gasteiger partial charge in [0.2, 0.25) is 0 Å². The van der Waals surface area contributed by atoms with Crippen molar-refractivity contribution in [3.05, 3.63) is 71.1 Å². The number of pyridine rings is 1. The summed E-state index contributed by atoms with van der Waals surface area (Å²) in [5, 5.41) is 13.1. The molecule has 0 aliphatic rings. The lowest BCUT2D eigenvalue weighted by molar-refractivity contribution is -0.137. The summed E-state index contributed by atoms with van der Waals surface area (Å²) in [7, 11) is 0. The Morgan fingerprint density at radius 1 is 1.20 bits per heavy atom. The highest BCUT2D eigenvalue weighted by atomic mass is 35.5. The second-order valence-corrected chi connectivity index (χ2v) is 6.48. The van der Waals surface area contributed by atoms with Crippen LogP contribution in [0.5, 0.6) is 0 Å². The van der Waals surface area contributed by atoms with Gasteiger partial charge in [-0.2, -0.15) is 0 Å². The zero-order valence-electron chi connectivity index (χ0n) is 13.7. The first kappa shape index (κ1) is 17.5. The van der Waals surface area contributed by atoms with Gasteiger partial charge in [-0.1, -0.05) is 41.9 Å². The van der Waals surface area contributed by atoms with Gasteiger partial charge in [0.25, 0.3) is 0 Å². The minimum absolute atomic E-state index is 0.0758. The summed E-state index contributed by atoms with van der Waals surface area (Å²) in [6.07, 6.45) is 5.26. The molecule has 25 heavy (non-hydrogen) atoms. The molecule has 0 bridgehead atoms. The first-order valence-electron chi connectivity index (χ1n) is 8.22. The Morgan fingerprint density at radius 2 is 2.00 bits per heavy atom. The zero-order valence-corrected chi connectivity index (χ0v) is 14.5. The molecular weight excluding hydrogens is 338 g/mol. The molecule has 5 nitrogen and oxygen atoms in total. The van der Waals surface area contributed by atoms with Gasteiger partial charge in [-0.3, -0.25) is 4.79 Å². The molecule has 0 aliphatic carbocycles. The molecule has 1 aromatic carbocycles. The lowest BCUT2D eigenvalue weighted by Gasteiger charge is -2.17. The second-order valence-electron chi connectivity index (χ2n) is 6.04. The number of benzene rings is 1. The fourth-order valence-corrected chi connectivity index (χ4v) is 2.99. The number of fused-ring (bicyclic) bond motifs is 1. The van der Waals surface area contributed by atoms with Crippen LogP contribution in [0.4, 0.5) is 0 Å². The number of carboxylic acid groups (broad SMARTS) is 1. The lowest BCUT2D eigenvalue weighted by atomic mass is 10.0. The summed E-state index contributed by atoms with van der Waals surface area (Å²) in [6, 6.07) is 13.8. The van der Waals surface area contributed by atoms with E-state index in [1.165, 1.54) is 5.56 Å². The number of aromatic nitrogens is 2. The highest BCUT2D eigenvalue weighted by Gasteiger charge is 2.12. The SMILES string of the molecule is O=C(O)CCC(Cc1ccccc1)NCc1cn2cc(Cl)ccc2n1. The van der Waals surface area contributed by atoms with Gasteiger partial charge in [0.15, 0.2) is 0 Å². The molecule has 3 rings (SSSR count). The third-order valence-electron chi connectivity index (χ3n) is 4.07. The van der Waals surface area contributed by atoms with Crippen molar-refractivity contribution in [3.63, 3.8) is 0 Å². The average molecular weight is 358 g/mol. The number of halogens is 1. The quantitative estimate of drug-likeness (QED) is 0.647. The Morgan fingerprint density at radius 3 is 2.76 bits per heavy atom. The van der Waals surface area contributed by atoms with Crippen LogP contribution in [0.1, 0.15) is 24.1 Å². The van der Waals surface area contributed by atoms with Gasteiger partial charge in [-0.15, -0.1) is 0 Å². The van der Waals surface area contributed by atoms with Crippen molar-refractivity contribution < 1.29 is 9.90 Å². The molecule has 3 aromatic rings. The molecule has 1 atom stereocenters. The second kappa shape index (κ2) is 8.14. The van der Waals surface area contributed by atoms with Crippen LogP contribution < -0.4 is 5.32 Å². The van der Waals surface area contributed by atoms with Crippen LogP contribution in [0, 0.1) is 0 Å². The Balaban J connectivity index is 1.66. The number of rotatable bonds is 8. The van der Waals surface area contributed by atoms with Crippen molar-refractivity contribution in [2.45, 2.75) is 31.8 Å². The minimum atomic E-state index is -0.776. The zero-order chi connectivity index (χ0) is 17.6. The number of carbonyl (C=O) groups is 1. The first-order valence-corrected chi connectivity index (χ1v) is 8.60. The molecule has 0 aliphatic heterocycles. The number of hydrogen-bond acceptors (Lipinski definition) is 3. The number of nitrogens with zero attached hydrogens (tertiary/aromatic N) is 2. The summed E-state index contributed by atoms with van der Waals surface area (Å²) >= 11 is 6.00. The molecule has 0 fully saturated rings. The summed E-state index contributed by atoms with van der Waals surface area (Å²) < 4.78 is 1.89. The number of nitrogens with one attached hydrogen (secondary N) is 1. The fraction of sp³-hybridized carbons (Fsp3) is 0.263. The standard InChI is InChI=1S/C19H20ClN3O2/c20-15-6-8-18-22-17(13-23(18)12-15)11-21-16(7-9-19(24)25)10-14-4-2-1-3-5-14/h1-6,8,12-13,16,21H,7,9-11H2,(H,24,25). The third-order valence-corrected chi connectivity index (χ3v) is 4.29. The van der Waals surface area contributed by atoms with Crippen molar-refractivity contribution in [1.82, 2.24) is 14.7 Å². The van der Waals surface area contributed by atoms with Crippen molar-refractivity contribution in [2.24, 2.45) is 0 Å². The molecule has 130 valence electrons. The van der Waals surface area contributed by atoms with Gasteiger partial charge in [0, 0.05) is 31.4 Å². The summed E-state index contributed by atoms with van der Waals surface area (Å²) in [5.74, 6) is -0.776. The van der Waals surface area contributed by atoms with Crippen LogP contribution in [0.15, 0.2) is 54.9 Å². The number of carboxylic acids is 1. The van der Waals surface area contributed by atoms with Crippen LogP contribution in [-0.4, -0.2) is 26.5 Å². The van der Waals surface area contributed by atoms with E-state index in [4.69, 9.17) is 16.7 Å². The van der Waals surface area contributed by atoms with E-state index in [2.05, 4.69) is 22.4 Å². The average Bonchev–Trinajstić information content (AvgIpc) is 3.00. The number of imidazole rings is 1. The van der Waals surface area contributed by atoms with E-state index >= 15 is 0 Å². The van der Waals surface area contributed by atoms with Gasteiger partial charge in [0.05, 0.1) is 10.7 Å². The minimum Gasteiger partial charge on any atom is -0.481 e. The highest BCUT2D eigenvalue weighted by Crippen LogP contribution is 2.13. The predicted molar refractivity (Wildman–Crippen MR) is 97.8 cm³/mol. The monoisotopic (exact) mass is 357 g/mol. The van der Waals surface area contributed by atoms with E-state index in [9.17, 15) is 4.79 Å². The molecular formula is C19H20ClN3O2. The lowest BCUT2D eigenvalue weighted by Crippen LogP contribution is -2.31. The third kappa shape index (κ3) is 5.05. The van der Waals surface area contributed by atoms with Crippen LogP contribution in [0.3, 0.4) is 0 Å². The summed E-state index contributed by atoms with van der Waals surface area (Å²) in [5.41, 5.74) is 2.93. The Labute approximate surface area is 151 Å². The van der Waals surface area contributed by atoms with Gasteiger partial charge in [-0.05, 0) is 30.5 Å². The molecule has 0 amide bonds. The van der Waals surface area contributed by atoms with E-state index < -0.39 is 5.97 Å². The van der Waals surface area contributed by atoms with Crippen molar-refractivity contribution in [1.29, 1.82) is 0 Å². The fourth-order valence-electron chi connectivity index (χ4n) is 2.82. The van der Waals surface area contributed by atoms with Crippen LogP contribution in [-0.2, 0) is 17.8 Å². The van der Waals surface area contributed by atoms with Crippen molar-refractivity contribution in [2.75, 3.05) is 0 Å². The van der Waals surface area contributed by atoms with E-state index in [1.54, 1.807) is 0 Å². The van der Waals surface area contributed by atoms with Gasteiger partial charge in [-0.25, -0.2) is 4.98 Å². The molecule has 0 spiro atoms. The van der Waals surface area contributed by atoms with E-state index in [0.29, 0.717) is 18.0 Å². The van der Waals surface area contributed by atoms with Gasteiger partial charge >= 0.3 is 5.97 Å². The summed E-state index contributed by atoms with van der Waals surface area (Å²) in [6.45, 7) is 0.580. The first-order chi connectivity index (χ1) is 12.1. The molecule has 6 heteroatoms. The normalized spacial score (nSPS) is 12.4. The summed E-state index contributed by atoms with van der Waals surface area (Å²) in [4.78, 5) is 15.5. The topological polar surface area (TPSA) is 66.6 Å².